The zero-order valence-corrected chi connectivity index (χ0v) is 12.2. The van der Waals surface area contributed by atoms with Gasteiger partial charge in [-0.05, 0) is 36.6 Å². The van der Waals surface area contributed by atoms with Crippen LogP contribution in [0.25, 0.3) is 0 Å². The van der Waals surface area contributed by atoms with Gasteiger partial charge in [-0.15, -0.1) is 0 Å². The minimum Gasteiger partial charge on any atom is -0.493 e. The van der Waals surface area contributed by atoms with Gasteiger partial charge >= 0.3 is 0 Å². The lowest BCUT2D eigenvalue weighted by atomic mass is 10.0. The van der Waals surface area contributed by atoms with Gasteiger partial charge in [0.05, 0.1) is 20.6 Å². The Labute approximate surface area is 115 Å². The van der Waals surface area contributed by atoms with E-state index in [4.69, 9.17) is 9.47 Å². The van der Waals surface area contributed by atoms with E-state index in [0.29, 0.717) is 17.9 Å². The lowest BCUT2D eigenvalue weighted by Crippen LogP contribution is -2.26. The van der Waals surface area contributed by atoms with E-state index in [1.807, 2.05) is 19.1 Å². The number of hydrogen-bond acceptors (Lipinski definition) is 3. The van der Waals surface area contributed by atoms with E-state index in [9.17, 15) is 4.79 Å². The Morgan fingerprint density at radius 3 is 2.42 bits per heavy atom. The number of carbonyl (C=O) groups is 1. The van der Waals surface area contributed by atoms with Crippen molar-refractivity contribution >= 4 is 5.91 Å². The number of ether oxygens (including phenoxy) is 2. The number of hydrogen-bond donors (Lipinski definition) is 1. The smallest absolute Gasteiger partial charge is 0.224 e. The van der Waals surface area contributed by atoms with Crippen molar-refractivity contribution in [2.45, 2.75) is 33.1 Å². The van der Waals surface area contributed by atoms with Crippen molar-refractivity contribution in [2.75, 3.05) is 20.8 Å². The Balaban J connectivity index is 2.75. The molecule has 0 aliphatic heterocycles. The molecule has 106 valence electrons. The van der Waals surface area contributed by atoms with Gasteiger partial charge in [0.2, 0.25) is 5.91 Å². The maximum absolute atomic E-state index is 11.8. The second-order valence-corrected chi connectivity index (χ2v) is 4.51. The maximum Gasteiger partial charge on any atom is 0.224 e. The Morgan fingerprint density at radius 2 is 1.84 bits per heavy atom. The number of benzene rings is 1. The molecule has 4 nitrogen and oxygen atoms in total. The first kappa shape index (κ1) is 15.3. The third kappa shape index (κ3) is 4.47. The second-order valence-electron chi connectivity index (χ2n) is 4.51. The molecule has 0 heterocycles. The highest BCUT2D eigenvalue weighted by Gasteiger charge is 2.11. The standard InChI is InChI=1S/C15H23NO3/c1-5-6-7-16-15(17)10-12-9-14(19-4)13(18-3)8-11(12)2/h8-9H,5-7,10H2,1-4H3,(H,16,17). The highest BCUT2D eigenvalue weighted by atomic mass is 16.5. The number of amides is 1. The first-order valence-electron chi connectivity index (χ1n) is 6.60. The molecule has 4 heteroatoms. The molecule has 0 saturated heterocycles. The summed E-state index contributed by atoms with van der Waals surface area (Å²) in [5.74, 6) is 1.39. The topological polar surface area (TPSA) is 47.6 Å². The molecule has 1 aromatic rings. The van der Waals surface area contributed by atoms with Crippen LogP contribution in [0.15, 0.2) is 12.1 Å². The minimum atomic E-state index is 0.0452. The van der Waals surface area contributed by atoms with E-state index in [-0.39, 0.29) is 5.91 Å². The normalized spacial score (nSPS) is 10.1. The third-order valence-electron chi connectivity index (χ3n) is 3.05. The number of nitrogens with one attached hydrogen (secondary N) is 1. The lowest BCUT2D eigenvalue weighted by molar-refractivity contribution is -0.120. The summed E-state index contributed by atoms with van der Waals surface area (Å²) in [5.41, 5.74) is 2.00. The highest BCUT2D eigenvalue weighted by molar-refractivity contribution is 5.79. The van der Waals surface area contributed by atoms with Gasteiger partial charge in [-0.25, -0.2) is 0 Å². The number of methoxy groups -OCH3 is 2. The average Bonchev–Trinajstić information content (AvgIpc) is 2.40. The van der Waals surface area contributed by atoms with Crippen molar-refractivity contribution in [3.05, 3.63) is 23.3 Å². The predicted molar refractivity (Wildman–Crippen MR) is 75.9 cm³/mol. The number of rotatable bonds is 7. The predicted octanol–water partition coefficient (Wildman–Crippen LogP) is 2.47. The molecule has 0 radical (unpaired) electrons. The van der Waals surface area contributed by atoms with Crippen molar-refractivity contribution in [1.82, 2.24) is 5.32 Å². The number of unbranched alkanes of at least 4 members (excludes halogenated alkanes) is 1. The van der Waals surface area contributed by atoms with Crippen molar-refractivity contribution in [3.8, 4) is 11.5 Å². The summed E-state index contributed by atoms with van der Waals surface area (Å²) in [7, 11) is 3.20. The zero-order valence-electron chi connectivity index (χ0n) is 12.2. The van der Waals surface area contributed by atoms with Crippen LogP contribution in [0.1, 0.15) is 30.9 Å². The quantitative estimate of drug-likeness (QED) is 0.770. The average molecular weight is 265 g/mol. The molecule has 0 aromatic heterocycles. The molecule has 1 aromatic carbocycles. The molecule has 1 rings (SSSR count). The first-order valence-corrected chi connectivity index (χ1v) is 6.60. The molecule has 0 spiro atoms. The monoisotopic (exact) mass is 265 g/mol. The van der Waals surface area contributed by atoms with Crippen LogP contribution in [0.3, 0.4) is 0 Å². The van der Waals surface area contributed by atoms with Crippen LogP contribution in [0.4, 0.5) is 0 Å². The second kappa shape index (κ2) is 7.67. The molecule has 0 bridgehead atoms. The van der Waals surface area contributed by atoms with Crippen LogP contribution >= 0.6 is 0 Å². The molecule has 0 unspecified atom stereocenters. The first-order chi connectivity index (χ1) is 9.12. The van der Waals surface area contributed by atoms with Crippen molar-refractivity contribution in [2.24, 2.45) is 0 Å². The van der Waals surface area contributed by atoms with Crippen LogP contribution in [-0.4, -0.2) is 26.7 Å². The van der Waals surface area contributed by atoms with Gasteiger partial charge in [0.1, 0.15) is 0 Å². The summed E-state index contributed by atoms with van der Waals surface area (Å²) in [4.78, 5) is 11.8. The fraction of sp³-hybridized carbons (Fsp3) is 0.533. The summed E-state index contributed by atoms with van der Waals surface area (Å²) in [6.45, 7) is 4.81. The summed E-state index contributed by atoms with van der Waals surface area (Å²) in [6, 6.07) is 3.76. The number of aryl methyl sites for hydroxylation is 1. The van der Waals surface area contributed by atoms with Gasteiger partial charge in [0, 0.05) is 6.54 Å². The fourth-order valence-corrected chi connectivity index (χ4v) is 1.85. The number of carbonyl (C=O) groups excluding carboxylic acids is 1. The largest absolute Gasteiger partial charge is 0.493 e. The zero-order chi connectivity index (χ0) is 14.3. The highest BCUT2D eigenvalue weighted by Crippen LogP contribution is 2.30. The van der Waals surface area contributed by atoms with Crippen molar-refractivity contribution in [1.29, 1.82) is 0 Å². The molecule has 19 heavy (non-hydrogen) atoms. The Kier molecular flexibility index (Phi) is 6.19. The summed E-state index contributed by atoms with van der Waals surface area (Å²) >= 11 is 0. The van der Waals surface area contributed by atoms with E-state index in [1.165, 1.54) is 0 Å². The van der Waals surface area contributed by atoms with Gasteiger partial charge in [-0.2, -0.15) is 0 Å². The molecular formula is C15H23NO3. The molecule has 0 aliphatic carbocycles. The van der Waals surface area contributed by atoms with Gasteiger partial charge in [-0.1, -0.05) is 13.3 Å². The summed E-state index contributed by atoms with van der Waals surface area (Å²) in [6.07, 6.45) is 2.46. The van der Waals surface area contributed by atoms with Gasteiger partial charge < -0.3 is 14.8 Å². The van der Waals surface area contributed by atoms with E-state index in [0.717, 1.165) is 30.5 Å². The molecule has 0 aliphatic rings. The van der Waals surface area contributed by atoms with Gasteiger partial charge in [0.15, 0.2) is 11.5 Å². The van der Waals surface area contributed by atoms with Crippen molar-refractivity contribution in [3.63, 3.8) is 0 Å². The summed E-state index contributed by atoms with van der Waals surface area (Å²) in [5, 5.41) is 2.91. The fourth-order valence-electron chi connectivity index (χ4n) is 1.85. The van der Waals surface area contributed by atoms with E-state index < -0.39 is 0 Å². The lowest BCUT2D eigenvalue weighted by Gasteiger charge is -2.12. The SMILES string of the molecule is CCCCNC(=O)Cc1cc(OC)c(OC)cc1C. The summed E-state index contributed by atoms with van der Waals surface area (Å²) < 4.78 is 10.5. The third-order valence-corrected chi connectivity index (χ3v) is 3.05. The molecule has 0 fully saturated rings. The molecule has 1 amide bonds. The van der Waals surface area contributed by atoms with Crippen LogP contribution in [-0.2, 0) is 11.2 Å². The minimum absolute atomic E-state index is 0.0452. The van der Waals surface area contributed by atoms with E-state index in [1.54, 1.807) is 14.2 Å². The Hall–Kier alpha value is -1.71. The van der Waals surface area contributed by atoms with E-state index in [2.05, 4.69) is 12.2 Å². The van der Waals surface area contributed by atoms with Crippen LogP contribution < -0.4 is 14.8 Å². The maximum atomic E-state index is 11.8. The molecule has 1 N–H and O–H groups in total. The molecule has 0 saturated carbocycles. The van der Waals surface area contributed by atoms with Crippen LogP contribution in [0.2, 0.25) is 0 Å². The molecule has 0 atom stereocenters. The Morgan fingerprint density at radius 1 is 1.21 bits per heavy atom. The molecular weight excluding hydrogens is 242 g/mol. The van der Waals surface area contributed by atoms with Crippen LogP contribution in [0.5, 0.6) is 11.5 Å². The van der Waals surface area contributed by atoms with Crippen molar-refractivity contribution < 1.29 is 14.3 Å². The van der Waals surface area contributed by atoms with Crippen LogP contribution in [0, 0.1) is 6.92 Å². The van der Waals surface area contributed by atoms with Gasteiger partial charge in [0.25, 0.3) is 0 Å². The van der Waals surface area contributed by atoms with Gasteiger partial charge in [-0.3, -0.25) is 4.79 Å². The Bertz CT molecular complexity index is 430. The van der Waals surface area contributed by atoms with E-state index >= 15 is 0 Å².